The van der Waals surface area contributed by atoms with Crippen molar-refractivity contribution in [2.24, 2.45) is 0 Å². The van der Waals surface area contributed by atoms with E-state index in [9.17, 15) is 9.18 Å². The molecule has 0 atom stereocenters. The number of carbonyl (C=O) groups is 1. The van der Waals surface area contributed by atoms with E-state index in [4.69, 9.17) is 4.74 Å². The van der Waals surface area contributed by atoms with Gasteiger partial charge in [0.15, 0.2) is 0 Å². The highest BCUT2D eigenvalue weighted by atomic mass is 19.1. The summed E-state index contributed by atoms with van der Waals surface area (Å²) >= 11 is 0. The summed E-state index contributed by atoms with van der Waals surface area (Å²) in [6, 6.07) is 10.2. The number of aromatic nitrogens is 3. The maximum atomic E-state index is 14.1. The molecule has 4 aromatic rings. The molecule has 0 saturated heterocycles. The number of pyridine rings is 1. The van der Waals surface area contributed by atoms with Crippen molar-refractivity contribution in [2.45, 2.75) is 6.42 Å². The van der Waals surface area contributed by atoms with Crippen LogP contribution in [0.4, 0.5) is 4.39 Å². The molecule has 1 aromatic carbocycles. The van der Waals surface area contributed by atoms with E-state index in [0.29, 0.717) is 27.8 Å². The molecule has 5 nitrogen and oxygen atoms in total. The third-order valence-corrected chi connectivity index (χ3v) is 3.86. The monoisotopic (exact) mass is 309 g/mol. The molecule has 0 saturated carbocycles. The number of hydrogen-bond acceptors (Lipinski definition) is 4. The lowest BCUT2D eigenvalue weighted by atomic mass is 10.2. The van der Waals surface area contributed by atoms with Crippen LogP contribution in [0.2, 0.25) is 0 Å². The van der Waals surface area contributed by atoms with Crippen molar-refractivity contribution in [1.82, 2.24) is 14.4 Å². The number of benzene rings is 1. The van der Waals surface area contributed by atoms with Gasteiger partial charge in [-0.05, 0) is 30.3 Å². The van der Waals surface area contributed by atoms with E-state index in [1.807, 2.05) is 6.07 Å². The minimum Gasteiger partial charge on any atom is -0.469 e. The number of esters is 1. The van der Waals surface area contributed by atoms with Crippen LogP contribution in [-0.4, -0.2) is 27.4 Å². The van der Waals surface area contributed by atoms with E-state index in [1.165, 1.54) is 13.2 Å². The lowest BCUT2D eigenvalue weighted by molar-refractivity contribution is -0.139. The fraction of sp³-hybridized carbons (Fsp3) is 0.118. The SMILES string of the molecule is COC(=O)Cc1nc2cccnc2c2cc3c(F)cccc3n12. The third-order valence-electron chi connectivity index (χ3n) is 3.86. The van der Waals surface area contributed by atoms with Crippen molar-refractivity contribution >= 4 is 33.4 Å². The predicted molar refractivity (Wildman–Crippen MR) is 83.7 cm³/mol. The number of nitrogens with zero attached hydrogens (tertiary/aromatic N) is 3. The van der Waals surface area contributed by atoms with Gasteiger partial charge < -0.3 is 4.74 Å². The zero-order chi connectivity index (χ0) is 16.0. The Hall–Kier alpha value is -3.02. The van der Waals surface area contributed by atoms with E-state index in [1.54, 1.807) is 34.9 Å². The number of ether oxygens (including phenoxy) is 1. The molecule has 0 N–H and O–H groups in total. The number of halogens is 1. The average Bonchev–Trinajstić information content (AvgIpc) is 2.96. The van der Waals surface area contributed by atoms with Crippen molar-refractivity contribution in [2.75, 3.05) is 7.11 Å². The van der Waals surface area contributed by atoms with Crippen LogP contribution in [0.1, 0.15) is 5.82 Å². The smallest absolute Gasteiger partial charge is 0.313 e. The van der Waals surface area contributed by atoms with Crippen LogP contribution in [0.5, 0.6) is 0 Å². The number of hydrogen-bond donors (Lipinski definition) is 0. The van der Waals surface area contributed by atoms with Crippen molar-refractivity contribution in [3.8, 4) is 0 Å². The van der Waals surface area contributed by atoms with Crippen molar-refractivity contribution in [3.63, 3.8) is 0 Å². The highest BCUT2D eigenvalue weighted by Gasteiger charge is 2.17. The first-order valence-corrected chi connectivity index (χ1v) is 7.09. The van der Waals surface area contributed by atoms with Gasteiger partial charge >= 0.3 is 5.97 Å². The van der Waals surface area contributed by atoms with Gasteiger partial charge in [-0.1, -0.05) is 6.07 Å². The number of rotatable bonds is 2. The molecular formula is C17H12FN3O2. The van der Waals surface area contributed by atoms with Crippen LogP contribution < -0.4 is 0 Å². The molecule has 6 heteroatoms. The van der Waals surface area contributed by atoms with Gasteiger partial charge in [0.05, 0.1) is 23.7 Å². The summed E-state index contributed by atoms with van der Waals surface area (Å²) in [5.74, 6) is -0.229. The lowest BCUT2D eigenvalue weighted by Gasteiger charge is -2.08. The molecular weight excluding hydrogens is 297 g/mol. The second-order valence-electron chi connectivity index (χ2n) is 5.19. The summed E-state index contributed by atoms with van der Waals surface area (Å²) in [6.07, 6.45) is 1.66. The molecule has 0 amide bonds. The minimum atomic E-state index is -0.403. The molecule has 0 aliphatic heterocycles. The maximum absolute atomic E-state index is 14.1. The molecule has 0 fully saturated rings. The topological polar surface area (TPSA) is 56.5 Å². The second kappa shape index (κ2) is 5.01. The Labute approximate surface area is 130 Å². The molecule has 23 heavy (non-hydrogen) atoms. The van der Waals surface area contributed by atoms with Gasteiger partial charge in [0.2, 0.25) is 0 Å². The molecule has 3 heterocycles. The Morgan fingerprint density at radius 1 is 1.26 bits per heavy atom. The van der Waals surface area contributed by atoms with E-state index in [2.05, 4.69) is 9.97 Å². The summed E-state index contributed by atoms with van der Waals surface area (Å²) in [7, 11) is 1.33. The summed E-state index contributed by atoms with van der Waals surface area (Å²) in [5, 5.41) is 0.471. The largest absolute Gasteiger partial charge is 0.469 e. The lowest BCUT2D eigenvalue weighted by Crippen LogP contribution is -2.11. The normalized spacial score (nSPS) is 11.4. The molecule has 0 radical (unpaired) electrons. The Bertz CT molecular complexity index is 1070. The standard InChI is InChI=1S/C17H12FN3O2/c1-23-16(22)9-15-20-12-5-3-7-19-17(12)14-8-10-11(18)4-2-6-13(10)21(14)15/h2-8H,9H2,1H3. The summed E-state index contributed by atoms with van der Waals surface area (Å²) < 4.78 is 20.7. The van der Waals surface area contributed by atoms with Gasteiger partial charge in [0.1, 0.15) is 23.6 Å². The van der Waals surface area contributed by atoms with Gasteiger partial charge in [-0.25, -0.2) is 9.37 Å². The van der Waals surface area contributed by atoms with Crippen LogP contribution >= 0.6 is 0 Å². The number of methoxy groups -OCH3 is 1. The van der Waals surface area contributed by atoms with Crippen LogP contribution in [0.25, 0.3) is 27.5 Å². The van der Waals surface area contributed by atoms with Gasteiger partial charge in [0.25, 0.3) is 0 Å². The molecule has 0 bridgehead atoms. The Morgan fingerprint density at radius 2 is 2.13 bits per heavy atom. The predicted octanol–water partition coefficient (Wildman–Crippen LogP) is 2.89. The molecule has 114 valence electrons. The van der Waals surface area contributed by atoms with Crippen molar-refractivity contribution < 1.29 is 13.9 Å². The van der Waals surface area contributed by atoms with E-state index < -0.39 is 5.97 Å². The molecule has 0 aliphatic carbocycles. The van der Waals surface area contributed by atoms with Gasteiger partial charge in [-0.3, -0.25) is 14.2 Å². The fourth-order valence-corrected chi connectivity index (χ4v) is 2.84. The van der Waals surface area contributed by atoms with Crippen molar-refractivity contribution in [1.29, 1.82) is 0 Å². The van der Waals surface area contributed by atoms with Gasteiger partial charge in [-0.15, -0.1) is 0 Å². The fourth-order valence-electron chi connectivity index (χ4n) is 2.84. The number of carbonyl (C=O) groups excluding carboxylic acids is 1. The highest BCUT2D eigenvalue weighted by molar-refractivity contribution is 5.99. The zero-order valence-corrected chi connectivity index (χ0v) is 12.3. The summed E-state index contributed by atoms with van der Waals surface area (Å²) in [6.45, 7) is 0. The van der Waals surface area contributed by atoms with E-state index in [-0.39, 0.29) is 12.2 Å². The first kappa shape index (κ1) is 13.6. The molecule has 0 unspecified atom stereocenters. The van der Waals surface area contributed by atoms with E-state index >= 15 is 0 Å². The average molecular weight is 309 g/mol. The van der Waals surface area contributed by atoms with Crippen LogP contribution in [0, 0.1) is 5.82 Å². The van der Waals surface area contributed by atoms with Gasteiger partial charge in [-0.2, -0.15) is 0 Å². The Morgan fingerprint density at radius 3 is 2.96 bits per heavy atom. The highest BCUT2D eigenvalue weighted by Crippen LogP contribution is 2.28. The van der Waals surface area contributed by atoms with Crippen LogP contribution in [0.3, 0.4) is 0 Å². The van der Waals surface area contributed by atoms with Crippen molar-refractivity contribution in [3.05, 3.63) is 54.2 Å². The quantitative estimate of drug-likeness (QED) is 0.534. The van der Waals surface area contributed by atoms with Crippen LogP contribution in [-0.2, 0) is 16.0 Å². The molecule has 0 spiro atoms. The van der Waals surface area contributed by atoms with Gasteiger partial charge in [0, 0.05) is 11.6 Å². The third kappa shape index (κ3) is 2.03. The minimum absolute atomic E-state index is 0.00186. The summed E-state index contributed by atoms with van der Waals surface area (Å²) in [4.78, 5) is 20.6. The second-order valence-corrected chi connectivity index (χ2v) is 5.19. The maximum Gasteiger partial charge on any atom is 0.313 e. The Balaban J connectivity index is 2.18. The Kier molecular flexibility index (Phi) is 2.97. The zero-order valence-electron chi connectivity index (χ0n) is 12.3. The molecule has 0 aliphatic rings. The summed E-state index contributed by atoms with van der Waals surface area (Å²) in [5.41, 5.74) is 2.69. The van der Waals surface area contributed by atoms with E-state index in [0.717, 1.165) is 5.52 Å². The number of fused-ring (bicyclic) bond motifs is 5. The first-order chi connectivity index (χ1) is 11.2. The molecule has 4 rings (SSSR count). The first-order valence-electron chi connectivity index (χ1n) is 7.09. The van der Waals surface area contributed by atoms with Crippen LogP contribution in [0.15, 0.2) is 42.6 Å². The molecule has 3 aromatic heterocycles.